The van der Waals surface area contributed by atoms with Gasteiger partial charge in [-0.3, -0.25) is 4.79 Å². The summed E-state index contributed by atoms with van der Waals surface area (Å²) in [5, 5.41) is 3.31. The molecule has 0 spiro atoms. The van der Waals surface area contributed by atoms with Crippen LogP contribution in [-0.2, 0) is 12.7 Å². The fourth-order valence-corrected chi connectivity index (χ4v) is 2.11. The average Bonchev–Trinajstić information content (AvgIpc) is 2.43. The van der Waals surface area contributed by atoms with E-state index in [0.29, 0.717) is 0 Å². The van der Waals surface area contributed by atoms with Crippen LogP contribution < -0.4 is 10.9 Å². The number of hydrogen-bond donors (Lipinski definition) is 1. The lowest BCUT2D eigenvalue weighted by Crippen LogP contribution is -2.41. The molecule has 2 unspecified atom stereocenters. The van der Waals surface area contributed by atoms with Gasteiger partial charge in [-0.1, -0.05) is 27.2 Å². The highest BCUT2D eigenvalue weighted by Crippen LogP contribution is 2.28. The molecule has 1 heterocycles. The molecule has 2 atom stereocenters. The van der Waals surface area contributed by atoms with Crippen molar-refractivity contribution in [2.45, 2.75) is 52.4 Å². The van der Waals surface area contributed by atoms with E-state index >= 15 is 0 Å². The standard InChI is InChI=1S/C15H23F3N2O/c1-4-8-19-13(11(3)5-2)10-20-9-12(15(16,17)18)6-7-14(20)21/h6-7,9,11,13,19H,4-5,8,10H2,1-3H3. The van der Waals surface area contributed by atoms with Gasteiger partial charge in [0.15, 0.2) is 0 Å². The molecule has 1 N–H and O–H groups in total. The SMILES string of the molecule is CCCNC(Cn1cc(C(F)(F)F)ccc1=O)C(C)CC. The number of halogens is 3. The van der Waals surface area contributed by atoms with Gasteiger partial charge in [-0.2, -0.15) is 13.2 Å². The Balaban J connectivity index is 2.99. The molecule has 0 radical (unpaired) electrons. The van der Waals surface area contributed by atoms with Crippen molar-refractivity contribution in [2.75, 3.05) is 6.54 Å². The fraction of sp³-hybridized carbons (Fsp3) is 0.667. The Morgan fingerprint density at radius 3 is 2.48 bits per heavy atom. The third-order valence-electron chi connectivity index (χ3n) is 3.69. The van der Waals surface area contributed by atoms with Crippen LogP contribution in [0.1, 0.15) is 39.2 Å². The molecule has 0 aromatic carbocycles. The Bertz CT molecular complexity index is 496. The first-order valence-corrected chi connectivity index (χ1v) is 7.30. The van der Waals surface area contributed by atoms with Crippen molar-refractivity contribution >= 4 is 0 Å². The molecule has 0 bridgehead atoms. The maximum Gasteiger partial charge on any atom is 0.417 e. The summed E-state index contributed by atoms with van der Waals surface area (Å²) in [6.45, 7) is 7.11. The molecule has 1 rings (SSSR count). The van der Waals surface area contributed by atoms with Crippen molar-refractivity contribution in [1.82, 2.24) is 9.88 Å². The van der Waals surface area contributed by atoms with Crippen LogP contribution in [0.25, 0.3) is 0 Å². The van der Waals surface area contributed by atoms with Gasteiger partial charge in [-0.25, -0.2) is 0 Å². The second-order valence-corrected chi connectivity index (χ2v) is 5.35. The molecule has 0 saturated heterocycles. The van der Waals surface area contributed by atoms with Crippen LogP contribution in [0.3, 0.4) is 0 Å². The summed E-state index contributed by atoms with van der Waals surface area (Å²) in [5.74, 6) is 0.276. The first kappa shape index (κ1) is 17.8. The predicted molar refractivity (Wildman–Crippen MR) is 77.2 cm³/mol. The second-order valence-electron chi connectivity index (χ2n) is 5.35. The lowest BCUT2D eigenvalue weighted by Gasteiger charge is -2.25. The van der Waals surface area contributed by atoms with E-state index in [1.807, 2.05) is 20.8 Å². The molecule has 0 aliphatic rings. The molecule has 0 saturated carbocycles. The monoisotopic (exact) mass is 304 g/mol. The van der Waals surface area contributed by atoms with Gasteiger partial charge in [0.1, 0.15) is 0 Å². The van der Waals surface area contributed by atoms with E-state index in [0.717, 1.165) is 42.3 Å². The van der Waals surface area contributed by atoms with Gasteiger partial charge in [-0.05, 0) is 24.9 Å². The molecule has 6 heteroatoms. The van der Waals surface area contributed by atoms with Crippen molar-refractivity contribution in [3.63, 3.8) is 0 Å². The summed E-state index contributed by atoms with van der Waals surface area (Å²) in [7, 11) is 0. The zero-order chi connectivity index (χ0) is 16.0. The summed E-state index contributed by atoms with van der Waals surface area (Å²) < 4.78 is 39.4. The first-order valence-electron chi connectivity index (χ1n) is 7.30. The van der Waals surface area contributed by atoms with Crippen LogP contribution in [-0.4, -0.2) is 17.2 Å². The molecule has 0 fully saturated rings. The van der Waals surface area contributed by atoms with Crippen molar-refractivity contribution in [1.29, 1.82) is 0 Å². The van der Waals surface area contributed by atoms with E-state index in [-0.39, 0.29) is 18.5 Å². The molecule has 1 aromatic heterocycles. The minimum atomic E-state index is -4.43. The second kappa shape index (κ2) is 7.64. The quantitative estimate of drug-likeness (QED) is 0.839. The third-order valence-corrected chi connectivity index (χ3v) is 3.69. The number of alkyl halides is 3. The van der Waals surface area contributed by atoms with Crippen molar-refractivity contribution in [2.24, 2.45) is 5.92 Å². The number of aromatic nitrogens is 1. The van der Waals surface area contributed by atoms with Crippen molar-refractivity contribution in [3.05, 3.63) is 34.2 Å². The zero-order valence-corrected chi connectivity index (χ0v) is 12.7. The molecular formula is C15H23F3N2O. The predicted octanol–water partition coefficient (Wildman–Crippen LogP) is 3.28. The van der Waals surface area contributed by atoms with E-state index in [9.17, 15) is 18.0 Å². The van der Waals surface area contributed by atoms with Crippen molar-refractivity contribution in [3.8, 4) is 0 Å². The van der Waals surface area contributed by atoms with Crippen LogP contribution in [0.5, 0.6) is 0 Å². The van der Waals surface area contributed by atoms with E-state index in [1.165, 1.54) is 0 Å². The summed E-state index contributed by atoms with van der Waals surface area (Å²) in [6, 6.07) is 1.79. The first-order chi connectivity index (χ1) is 9.79. The van der Waals surface area contributed by atoms with Gasteiger partial charge in [0.25, 0.3) is 5.56 Å². The zero-order valence-electron chi connectivity index (χ0n) is 12.7. The number of pyridine rings is 1. The largest absolute Gasteiger partial charge is 0.417 e. The molecule has 120 valence electrons. The van der Waals surface area contributed by atoms with Crippen LogP contribution in [0, 0.1) is 5.92 Å². The van der Waals surface area contributed by atoms with Crippen LogP contribution in [0.2, 0.25) is 0 Å². The molecule has 0 aliphatic carbocycles. The summed E-state index contributed by atoms with van der Waals surface area (Å²) in [6.07, 6.45) is -1.69. The number of nitrogens with one attached hydrogen (secondary N) is 1. The van der Waals surface area contributed by atoms with Gasteiger partial charge < -0.3 is 9.88 Å². The Labute approximate surface area is 123 Å². The number of rotatable bonds is 7. The Hall–Kier alpha value is -1.30. The van der Waals surface area contributed by atoms with Crippen LogP contribution >= 0.6 is 0 Å². The molecule has 0 amide bonds. The minimum Gasteiger partial charge on any atom is -0.313 e. The molecule has 1 aromatic rings. The van der Waals surface area contributed by atoms with Crippen LogP contribution in [0.15, 0.2) is 23.1 Å². The minimum absolute atomic E-state index is 0.0175. The summed E-state index contributed by atoms with van der Waals surface area (Å²) >= 11 is 0. The summed E-state index contributed by atoms with van der Waals surface area (Å²) in [4.78, 5) is 11.8. The van der Waals surface area contributed by atoms with Gasteiger partial charge in [-0.15, -0.1) is 0 Å². The molecule has 0 aliphatic heterocycles. The highest BCUT2D eigenvalue weighted by atomic mass is 19.4. The molecule has 3 nitrogen and oxygen atoms in total. The van der Waals surface area contributed by atoms with Crippen LogP contribution in [0.4, 0.5) is 13.2 Å². The summed E-state index contributed by atoms with van der Waals surface area (Å²) in [5.41, 5.74) is -1.20. The maximum atomic E-state index is 12.7. The Kier molecular flexibility index (Phi) is 6.45. The lowest BCUT2D eigenvalue weighted by atomic mass is 9.99. The van der Waals surface area contributed by atoms with Gasteiger partial charge >= 0.3 is 6.18 Å². The molecule has 21 heavy (non-hydrogen) atoms. The molecular weight excluding hydrogens is 281 g/mol. The topological polar surface area (TPSA) is 34.0 Å². The highest BCUT2D eigenvalue weighted by molar-refractivity contribution is 5.13. The fourth-order valence-electron chi connectivity index (χ4n) is 2.11. The van der Waals surface area contributed by atoms with E-state index in [2.05, 4.69) is 5.32 Å². The maximum absolute atomic E-state index is 12.7. The van der Waals surface area contributed by atoms with E-state index in [4.69, 9.17) is 0 Å². The number of nitrogens with zero attached hydrogens (tertiary/aromatic N) is 1. The van der Waals surface area contributed by atoms with Crippen molar-refractivity contribution < 1.29 is 13.2 Å². The van der Waals surface area contributed by atoms with Gasteiger partial charge in [0, 0.05) is 24.8 Å². The normalized spacial score (nSPS) is 15.0. The van der Waals surface area contributed by atoms with Gasteiger partial charge in [0.2, 0.25) is 0 Å². The Morgan fingerprint density at radius 1 is 1.29 bits per heavy atom. The smallest absolute Gasteiger partial charge is 0.313 e. The number of hydrogen-bond acceptors (Lipinski definition) is 2. The Morgan fingerprint density at radius 2 is 1.95 bits per heavy atom. The lowest BCUT2D eigenvalue weighted by molar-refractivity contribution is -0.138. The average molecular weight is 304 g/mol. The third kappa shape index (κ3) is 5.19. The van der Waals surface area contributed by atoms with E-state index in [1.54, 1.807) is 0 Å². The van der Waals surface area contributed by atoms with E-state index < -0.39 is 17.3 Å². The highest BCUT2D eigenvalue weighted by Gasteiger charge is 2.31. The van der Waals surface area contributed by atoms with Gasteiger partial charge in [0.05, 0.1) is 5.56 Å².